The summed E-state index contributed by atoms with van der Waals surface area (Å²) in [5, 5.41) is 12.4. The zero-order valence-corrected chi connectivity index (χ0v) is 28.7. The van der Waals surface area contributed by atoms with Gasteiger partial charge >= 0.3 is 11.9 Å². The molecule has 4 aromatic rings. The Bertz CT molecular complexity index is 1700. The fourth-order valence-corrected chi connectivity index (χ4v) is 5.14. The molecule has 0 radical (unpaired) electrons. The smallest absolute Gasteiger partial charge is 0.343 e. The number of carboxylic acids is 1. The van der Waals surface area contributed by atoms with Crippen LogP contribution in [-0.4, -0.2) is 55.7 Å². The van der Waals surface area contributed by atoms with Crippen LogP contribution in [0.25, 0.3) is 0 Å². The van der Waals surface area contributed by atoms with Gasteiger partial charge in [0.05, 0.1) is 25.7 Å². The number of carboxylic acid groups (broad SMARTS) is 1. The number of nitrogens with zero attached hydrogens (tertiary/aromatic N) is 1. The number of ether oxygens (including phenoxy) is 3. The van der Waals surface area contributed by atoms with Crippen molar-refractivity contribution in [1.82, 2.24) is 5.32 Å². The lowest BCUT2D eigenvalue weighted by Gasteiger charge is -2.18. The number of likely N-dealkylation sites (N-methyl/N-ethyl adjacent to an activating group) is 1. The van der Waals surface area contributed by atoms with Crippen LogP contribution in [0, 0.1) is 0 Å². The van der Waals surface area contributed by atoms with Gasteiger partial charge in [-0.15, -0.1) is 0 Å². The van der Waals surface area contributed by atoms with Gasteiger partial charge in [-0.3, -0.25) is 9.59 Å². The van der Waals surface area contributed by atoms with Crippen LogP contribution in [0.1, 0.15) is 70.9 Å². The summed E-state index contributed by atoms with van der Waals surface area (Å²) in [4.78, 5) is 52.0. The van der Waals surface area contributed by atoms with Gasteiger partial charge in [0.25, 0.3) is 5.91 Å². The Kier molecular flexibility index (Phi) is 14.0. The largest absolute Gasteiger partial charge is 0.497 e. The van der Waals surface area contributed by atoms with E-state index in [9.17, 15) is 24.3 Å². The molecule has 2 amide bonds. The van der Waals surface area contributed by atoms with Gasteiger partial charge in [0.2, 0.25) is 5.91 Å². The number of benzene rings is 4. The zero-order chi connectivity index (χ0) is 35.9. The highest BCUT2D eigenvalue weighted by Gasteiger charge is 2.22. The van der Waals surface area contributed by atoms with Gasteiger partial charge in [-0.05, 0) is 90.3 Å². The lowest BCUT2D eigenvalue weighted by Crippen LogP contribution is -2.42. The number of carbonyl (C=O) groups is 4. The number of amides is 2. The highest BCUT2D eigenvalue weighted by molar-refractivity contribution is 5.98. The molecule has 0 aromatic heterocycles. The van der Waals surface area contributed by atoms with Crippen LogP contribution < -0.4 is 24.4 Å². The molecule has 0 unspecified atom stereocenters. The average Bonchev–Trinajstić information content (AvgIpc) is 3.13. The molecule has 10 nitrogen and oxygen atoms in total. The van der Waals surface area contributed by atoms with Gasteiger partial charge in [-0.2, -0.15) is 0 Å². The second-order valence-corrected chi connectivity index (χ2v) is 11.9. The highest BCUT2D eigenvalue weighted by atomic mass is 16.5. The van der Waals surface area contributed by atoms with Crippen LogP contribution in [0.5, 0.6) is 17.2 Å². The first-order valence-electron chi connectivity index (χ1n) is 16.7. The van der Waals surface area contributed by atoms with E-state index in [2.05, 4.69) is 12.2 Å². The third-order valence-electron chi connectivity index (χ3n) is 8.19. The summed E-state index contributed by atoms with van der Waals surface area (Å²) in [6, 6.07) is 25.6. The normalized spacial score (nSPS) is 11.3. The van der Waals surface area contributed by atoms with Crippen LogP contribution in [-0.2, 0) is 22.4 Å². The SMILES string of the molecule is CCCCCCCOc1ccc(C(=O)Oc2ccc(C[C@H](NC(=O)c3ccc(N(C)C(=O)Cc4ccc(OC)cc4)cc3)C(=O)O)cc2)cc1. The summed E-state index contributed by atoms with van der Waals surface area (Å²) in [5.74, 6) is -0.727. The van der Waals surface area contributed by atoms with Crippen LogP contribution in [0.4, 0.5) is 5.69 Å². The minimum atomic E-state index is -1.21. The number of esters is 1. The van der Waals surface area contributed by atoms with E-state index in [0.717, 1.165) is 18.4 Å². The predicted molar refractivity (Wildman–Crippen MR) is 191 cm³/mol. The van der Waals surface area contributed by atoms with Gasteiger partial charge in [0, 0.05) is 24.7 Å². The van der Waals surface area contributed by atoms with Crippen LogP contribution >= 0.6 is 0 Å². The van der Waals surface area contributed by atoms with Crippen molar-refractivity contribution >= 4 is 29.4 Å². The molecule has 0 heterocycles. The van der Waals surface area contributed by atoms with Crippen molar-refractivity contribution in [3.05, 3.63) is 119 Å². The molecular weight excluding hydrogens is 636 g/mol. The first kappa shape index (κ1) is 37.2. The van der Waals surface area contributed by atoms with Crippen molar-refractivity contribution in [1.29, 1.82) is 0 Å². The maximum Gasteiger partial charge on any atom is 0.343 e. The molecule has 0 bridgehead atoms. The van der Waals surface area contributed by atoms with Crippen molar-refractivity contribution in [2.24, 2.45) is 0 Å². The number of methoxy groups -OCH3 is 1. The molecule has 0 saturated heterocycles. The van der Waals surface area contributed by atoms with Gasteiger partial charge in [0.1, 0.15) is 23.3 Å². The van der Waals surface area contributed by atoms with E-state index in [1.165, 1.54) is 24.2 Å². The summed E-state index contributed by atoms with van der Waals surface area (Å²) in [6.07, 6.45) is 5.96. The van der Waals surface area contributed by atoms with E-state index >= 15 is 0 Å². The molecule has 0 spiro atoms. The minimum Gasteiger partial charge on any atom is -0.497 e. The monoisotopic (exact) mass is 680 g/mol. The molecule has 10 heteroatoms. The van der Waals surface area contributed by atoms with E-state index in [0.29, 0.717) is 40.7 Å². The second-order valence-electron chi connectivity index (χ2n) is 11.9. The van der Waals surface area contributed by atoms with Crippen molar-refractivity contribution in [2.75, 3.05) is 25.7 Å². The molecular formula is C40H44N2O8. The maximum absolute atomic E-state index is 13.0. The summed E-state index contributed by atoms with van der Waals surface area (Å²) < 4.78 is 16.4. The van der Waals surface area contributed by atoms with E-state index in [-0.39, 0.29) is 24.3 Å². The first-order chi connectivity index (χ1) is 24.2. The fourth-order valence-electron chi connectivity index (χ4n) is 5.14. The van der Waals surface area contributed by atoms with Gasteiger partial charge < -0.3 is 29.5 Å². The highest BCUT2D eigenvalue weighted by Crippen LogP contribution is 2.20. The summed E-state index contributed by atoms with van der Waals surface area (Å²) >= 11 is 0. The van der Waals surface area contributed by atoms with E-state index in [1.54, 1.807) is 99.1 Å². The number of nitrogens with one attached hydrogen (secondary N) is 1. The zero-order valence-electron chi connectivity index (χ0n) is 28.7. The molecule has 262 valence electrons. The Morgan fingerprint density at radius 2 is 1.30 bits per heavy atom. The van der Waals surface area contributed by atoms with Gasteiger partial charge in [-0.1, -0.05) is 56.9 Å². The first-order valence-corrected chi connectivity index (χ1v) is 16.7. The quantitative estimate of drug-likeness (QED) is 0.0660. The van der Waals surface area contributed by atoms with Crippen LogP contribution in [0.2, 0.25) is 0 Å². The van der Waals surface area contributed by atoms with Crippen molar-refractivity contribution in [3.63, 3.8) is 0 Å². The lowest BCUT2D eigenvalue weighted by molar-refractivity contribution is -0.139. The van der Waals surface area contributed by atoms with Crippen LogP contribution in [0.3, 0.4) is 0 Å². The second kappa shape index (κ2) is 18.8. The Hall–Kier alpha value is -5.64. The summed E-state index contributed by atoms with van der Waals surface area (Å²) in [5.41, 5.74) is 2.67. The number of hydrogen-bond donors (Lipinski definition) is 2. The molecule has 4 aromatic carbocycles. The number of hydrogen-bond acceptors (Lipinski definition) is 7. The lowest BCUT2D eigenvalue weighted by atomic mass is 10.0. The number of carbonyl (C=O) groups excluding carboxylic acids is 3. The summed E-state index contributed by atoms with van der Waals surface area (Å²) in [6.45, 7) is 2.81. The Labute approximate surface area is 293 Å². The maximum atomic E-state index is 13.0. The van der Waals surface area contributed by atoms with E-state index in [4.69, 9.17) is 14.2 Å². The molecule has 2 N–H and O–H groups in total. The Morgan fingerprint density at radius 1 is 0.720 bits per heavy atom. The molecule has 50 heavy (non-hydrogen) atoms. The van der Waals surface area contributed by atoms with Crippen molar-refractivity contribution in [3.8, 4) is 17.2 Å². The fraction of sp³-hybridized carbons (Fsp3) is 0.300. The molecule has 0 aliphatic carbocycles. The standard InChI is InChI=1S/C40H44N2O8/c1-4-5-6-7-8-25-49-34-23-15-31(16-24-34)40(47)50-35-21-11-28(12-22-35)26-36(39(45)46)41-38(44)30-13-17-32(18-14-30)42(2)37(43)27-29-9-19-33(48-3)20-10-29/h9-24,36H,4-8,25-27H2,1-3H3,(H,41,44)(H,45,46)/t36-/m0/s1. The van der Waals surface area contributed by atoms with Gasteiger partial charge in [0.15, 0.2) is 0 Å². The molecule has 4 rings (SSSR count). The number of rotatable bonds is 18. The number of aliphatic carboxylic acids is 1. The molecule has 0 fully saturated rings. The van der Waals surface area contributed by atoms with E-state index in [1.807, 2.05) is 12.1 Å². The number of anilines is 1. The average molecular weight is 681 g/mol. The number of unbranched alkanes of at least 4 members (excludes halogenated alkanes) is 4. The topological polar surface area (TPSA) is 131 Å². The Balaban J connectivity index is 1.26. The Morgan fingerprint density at radius 3 is 1.92 bits per heavy atom. The summed E-state index contributed by atoms with van der Waals surface area (Å²) in [7, 11) is 3.23. The van der Waals surface area contributed by atoms with Crippen LogP contribution in [0.15, 0.2) is 97.1 Å². The molecule has 1 atom stereocenters. The molecule has 0 aliphatic heterocycles. The third-order valence-corrected chi connectivity index (χ3v) is 8.19. The van der Waals surface area contributed by atoms with Crippen molar-refractivity contribution in [2.45, 2.75) is 57.9 Å². The predicted octanol–water partition coefficient (Wildman–Crippen LogP) is 6.89. The van der Waals surface area contributed by atoms with E-state index < -0.39 is 23.9 Å². The minimum absolute atomic E-state index is 0.00997. The third kappa shape index (κ3) is 11.2. The molecule has 0 aliphatic rings. The van der Waals surface area contributed by atoms with Crippen molar-refractivity contribution < 1.29 is 38.5 Å². The molecule has 0 saturated carbocycles. The van der Waals surface area contributed by atoms with Gasteiger partial charge in [-0.25, -0.2) is 9.59 Å².